The highest BCUT2D eigenvalue weighted by Gasteiger charge is 2.30. The summed E-state index contributed by atoms with van der Waals surface area (Å²) in [4.78, 5) is 43.8. The predicted octanol–water partition coefficient (Wildman–Crippen LogP) is 2.08. The number of carbonyl (C=O) groups excluding carboxylic acids is 2. The highest BCUT2D eigenvalue weighted by atomic mass is 32.1. The molecule has 4 heterocycles. The minimum absolute atomic E-state index is 0.0111. The fourth-order valence-corrected chi connectivity index (χ4v) is 4.93. The van der Waals surface area contributed by atoms with Gasteiger partial charge in [0.2, 0.25) is 0 Å². The fourth-order valence-electron chi connectivity index (χ4n) is 4.05. The molecule has 4 rings (SSSR count). The largest absolute Gasteiger partial charge is 0.378 e. The van der Waals surface area contributed by atoms with Crippen LogP contribution in [0.15, 0.2) is 6.20 Å². The molecule has 1 atom stereocenters. The molecule has 2 aliphatic heterocycles. The summed E-state index contributed by atoms with van der Waals surface area (Å²) < 4.78 is 5.33. The first kappa shape index (κ1) is 21.6. The molecular formula is C21H28N6O3S. The molecule has 2 fully saturated rings. The van der Waals surface area contributed by atoms with Gasteiger partial charge in [0.1, 0.15) is 10.7 Å². The Morgan fingerprint density at radius 1 is 1.10 bits per heavy atom. The summed E-state index contributed by atoms with van der Waals surface area (Å²) in [6.45, 7) is 7.30. The van der Waals surface area contributed by atoms with Crippen LogP contribution in [0.3, 0.4) is 0 Å². The molecule has 0 aliphatic carbocycles. The number of rotatable bonds is 4. The van der Waals surface area contributed by atoms with Crippen molar-refractivity contribution in [3.8, 4) is 0 Å². The van der Waals surface area contributed by atoms with Crippen molar-refractivity contribution in [1.82, 2.24) is 24.8 Å². The summed E-state index contributed by atoms with van der Waals surface area (Å²) in [7, 11) is 1.80. The van der Waals surface area contributed by atoms with E-state index in [4.69, 9.17) is 4.74 Å². The average molecular weight is 445 g/mol. The van der Waals surface area contributed by atoms with Gasteiger partial charge < -0.3 is 19.9 Å². The van der Waals surface area contributed by atoms with Crippen molar-refractivity contribution < 1.29 is 14.3 Å². The first-order chi connectivity index (χ1) is 15.0. The van der Waals surface area contributed by atoms with Crippen molar-refractivity contribution in [3.05, 3.63) is 33.8 Å². The van der Waals surface area contributed by atoms with Crippen molar-refractivity contribution in [1.29, 1.82) is 0 Å². The molecule has 9 nitrogen and oxygen atoms in total. The Morgan fingerprint density at radius 2 is 1.87 bits per heavy atom. The van der Waals surface area contributed by atoms with Crippen LogP contribution >= 0.6 is 11.3 Å². The summed E-state index contributed by atoms with van der Waals surface area (Å²) in [5.41, 5.74) is 1.97. The molecule has 31 heavy (non-hydrogen) atoms. The van der Waals surface area contributed by atoms with Crippen LogP contribution in [0.2, 0.25) is 0 Å². The van der Waals surface area contributed by atoms with E-state index in [0.717, 1.165) is 23.7 Å². The molecule has 0 spiro atoms. The third-order valence-electron chi connectivity index (χ3n) is 5.81. The van der Waals surface area contributed by atoms with Crippen LogP contribution in [0, 0.1) is 13.8 Å². The number of hydrogen-bond donors (Lipinski definition) is 1. The Hall–Kier alpha value is -2.59. The molecule has 2 amide bonds. The maximum absolute atomic E-state index is 13.1. The number of thiazole rings is 1. The van der Waals surface area contributed by atoms with Gasteiger partial charge in [-0.3, -0.25) is 9.59 Å². The number of ether oxygens (including phenoxy) is 1. The summed E-state index contributed by atoms with van der Waals surface area (Å²) in [6, 6.07) is 0. The summed E-state index contributed by atoms with van der Waals surface area (Å²) in [6.07, 6.45) is 3.45. The number of piperidine rings is 1. The maximum atomic E-state index is 13.1. The monoisotopic (exact) mass is 444 g/mol. The van der Waals surface area contributed by atoms with Crippen molar-refractivity contribution in [2.45, 2.75) is 32.6 Å². The number of nitrogens with zero attached hydrogens (tertiary/aromatic N) is 5. The molecule has 166 valence electrons. The summed E-state index contributed by atoms with van der Waals surface area (Å²) in [5, 5.41) is 3.75. The summed E-state index contributed by atoms with van der Waals surface area (Å²) >= 11 is 1.38. The topological polar surface area (TPSA) is 101 Å². The van der Waals surface area contributed by atoms with E-state index in [-0.39, 0.29) is 17.7 Å². The number of likely N-dealkylation sites (tertiary alicyclic amines) is 1. The van der Waals surface area contributed by atoms with Gasteiger partial charge in [0.25, 0.3) is 11.8 Å². The van der Waals surface area contributed by atoms with E-state index < -0.39 is 0 Å². The van der Waals surface area contributed by atoms with Gasteiger partial charge in [-0.2, -0.15) is 0 Å². The van der Waals surface area contributed by atoms with E-state index in [1.54, 1.807) is 18.1 Å². The van der Waals surface area contributed by atoms with Crippen LogP contribution in [0.25, 0.3) is 0 Å². The van der Waals surface area contributed by atoms with Gasteiger partial charge in [-0.1, -0.05) is 11.3 Å². The van der Waals surface area contributed by atoms with E-state index in [1.165, 1.54) is 11.3 Å². The van der Waals surface area contributed by atoms with Gasteiger partial charge in [-0.05, 0) is 26.7 Å². The molecule has 0 bridgehead atoms. The lowest BCUT2D eigenvalue weighted by molar-refractivity contribution is 0.0301. The molecule has 2 aromatic rings. The van der Waals surface area contributed by atoms with Gasteiger partial charge in [-0.25, -0.2) is 15.0 Å². The lowest BCUT2D eigenvalue weighted by Crippen LogP contribution is -2.41. The molecule has 0 saturated carbocycles. The minimum Gasteiger partial charge on any atom is -0.378 e. The van der Waals surface area contributed by atoms with Crippen molar-refractivity contribution in [2.24, 2.45) is 0 Å². The van der Waals surface area contributed by atoms with E-state index in [9.17, 15) is 9.59 Å². The highest BCUT2D eigenvalue weighted by Crippen LogP contribution is 2.29. The first-order valence-electron chi connectivity index (χ1n) is 10.6. The molecule has 2 saturated heterocycles. The van der Waals surface area contributed by atoms with E-state index >= 15 is 0 Å². The first-order valence-corrected chi connectivity index (χ1v) is 11.4. The van der Waals surface area contributed by atoms with Crippen LogP contribution < -0.4 is 5.32 Å². The van der Waals surface area contributed by atoms with Gasteiger partial charge in [0.05, 0.1) is 30.2 Å². The standard InChI is InChI=1S/C21H28N6O3S/c1-13-16(19(28)26-7-9-30-10-8-26)11-23-18(24-13)15-5-4-6-27(12-15)20(29)17-14(2)25-21(22-3)31-17/h11,15H,4-10,12H2,1-3H3,(H,22,25)/t15-/m1/s1. The number of nitrogens with one attached hydrogen (secondary N) is 1. The number of hydrogen-bond acceptors (Lipinski definition) is 8. The quantitative estimate of drug-likeness (QED) is 0.771. The fraction of sp³-hybridized carbons (Fsp3) is 0.571. The van der Waals surface area contributed by atoms with Gasteiger partial charge in [0, 0.05) is 45.3 Å². The minimum atomic E-state index is -0.0474. The van der Waals surface area contributed by atoms with Gasteiger partial charge >= 0.3 is 0 Å². The molecule has 0 unspecified atom stereocenters. The third-order valence-corrected chi connectivity index (χ3v) is 6.97. The molecule has 2 aliphatic rings. The number of anilines is 1. The molecule has 0 radical (unpaired) electrons. The van der Waals surface area contributed by atoms with E-state index in [2.05, 4.69) is 20.3 Å². The number of aryl methyl sites for hydroxylation is 2. The van der Waals surface area contributed by atoms with Crippen molar-refractivity contribution in [2.75, 3.05) is 51.8 Å². The molecule has 1 N–H and O–H groups in total. The Labute approximate surface area is 185 Å². The zero-order valence-corrected chi connectivity index (χ0v) is 19.0. The average Bonchev–Trinajstić information content (AvgIpc) is 3.19. The zero-order valence-electron chi connectivity index (χ0n) is 18.2. The molecule has 2 aromatic heterocycles. The van der Waals surface area contributed by atoms with Crippen LogP contribution in [-0.4, -0.2) is 83.0 Å². The smallest absolute Gasteiger partial charge is 0.265 e. The molecular weight excluding hydrogens is 416 g/mol. The normalized spacial score (nSPS) is 19.4. The number of amides is 2. The van der Waals surface area contributed by atoms with Crippen LogP contribution in [0.5, 0.6) is 0 Å². The zero-order chi connectivity index (χ0) is 22.0. The third kappa shape index (κ3) is 4.54. The number of aromatic nitrogens is 3. The second kappa shape index (κ2) is 9.27. The Balaban J connectivity index is 1.47. The maximum Gasteiger partial charge on any atom is 0.265 e. The van der Waals surface area contributed by atoms with Crippen molar-refractivity contribution >= 4 is 28.3 Å². The second-order valence-corrected chi connectivity index (χ2v) is 8.90. The van der Waals surface area contributed by atoms with Crippen molar-refractivity contribution in [3.63, 3.8) is 0 Å². The van der Waals surface area contributed by atoms with E-state index in [1.807, 2.05) is 18.7 Å². The SMILES string of the molecule is CNc1nc(C)c(C(=O)N2CCC[C@@H](c3ncc(C(=O)N4CCOCC4)c(C)n3)C2)s1. The predicted molar refractivity (Wildman–Crippen MR) is 118 cm³/mol. The Bertz CT molecular complexity index is 972. The summed E-state index contributed by atoms with van der Waals surface area (Å²) in [5.74, 6) is 0.720. The molecule has 10 heteroatoms. The van der Waals surface area contributed by atoms with Crippen LogP contribution in [0.4, 0.5) is 5.13 Å². The molecule has 0 aromatic carbocycles. The second-order valence-electron chi connectivity index (χ2n) is 7.91. The van der Waals surface area contributed by atoms with Crippen LogP contribution in [-0.2, 0) is 4.74 Å². The Kier molecular flexibility index (Phi) is 6.47. The lowest BCUT2D eigenvalue weighted by atomic mass is 9.96. The number of morpholine rings is 1. The van der Waals surface area contributed by atoms with Gasteiger partial charge in [-0.15, -0.1) is 0 Å². The number of carbonyl (C=O) groups is 2. The Morgan fingerprint density at radius 3 is 2.55 bits per heavy atom. The highest BCUT2D eigenvalue weighted by molar-refractivity contribution is 7.17. The van der Waals surface area contributed by atoms with Crippen LogP contribution in [0.1, 0.15) is 56.0 Å². The van der Waals surface area contributed by atoms with Gasteiger partial charge in [0.15, 0.2) is 5.13 Å². The lowest BCUT2D eigenvalue weighted by Gasteiger charge is -2.32. The van der Waals surface area contributed by atoms with E-state index in [0.29, 0.717) is 61.4 Å².